The topological polar surface area (TPSA) is 76.1 Å². The lowest BCUT2D eigenvalue weighted by molar-refractivity contribution is 0.0590. The summed E-state index contributed by atoms with van der Waals surface area (Å²) in [4.78, 5) is 28.8. The van der Waals surface area contributed by atoms with E-state index in [0.717, 1.165) is 32.3 Å². The van der Waals surface area contributed by atoms with Gasteiger partial charge in [0.15, 0.2) is 0 Å². The van der Waals surface area contributed by atoms with Crippen LogP contribution in [0.25, 0.3) is 10.4 Å². The molecule has 0 bridgehead atoms. The lowest BCUT2D eigenvalue weighted by atomic mass is 10.1. The fraction of sp³-hybridized carbons (Fsp3) is 0.333. The number of anilines is 1. The molecular weight excluding hydrogens is 374 g/mol. The standard InChI is InChI=1S/C20H23N3O3S.CH4/c1-5-13-8-16(12(2)22-19(13)24)18-7-6-15(27-18)10-21-14-9-17(20(25)26-4)23(3)11-14;/h6-9,11,21H,5,10H2,1-4H3,(H,22,24);1H4. The summed E-state index contributed by atoms with van der Waals surface area (Å²) in [6, 6.07) is 7.91. The summed E-state index contributed by atoms with van der Waals surface area (Å²) >= 11 is 1.68. The molecule has 0 spiro atoms. The third-order valence-electron chi connectivity index (χ3n) is 4.49. The number of methoxy groups -OCH3 is 1. The molecule has 0 aliphatic heterocycles. The first-order chi connectivity index (χ1) is 12.9. The van der Waals surface area contributed by atoms with Crippen molar-refractivity contribution in [2.75, 3.05) is 12.4 Å². The van der Waals surface area contributed by atoms with Crippen LogP contribution in [-0.2, 0) is 24.8 Å². The summed E-state index contributed by atoms with van der Waals surface area (Å²) in [5.74, 6) is -0.357. The van der Waals surface area contributed by atoms with Gasteiger partial charge in [-0.3, -0.25) is 4.79 Å². The van der Waals surface area contributed by atoms with Gasteiger partial charge < -0.3 is 19.6 Å². The van der Waals surface area contributed by atoms with Gasteiger partial charge in [0.1, 0.15) is 5.69 Å². The van der Waals surface area contributed by atoms with Gasteiger partial charge in [-0.05, 0) is 37.6 Å². The van der Waals surface area contributed by atoms with Crippen molar-refractivity contribution < 1.29 is 9.53 Å². The van der Waals surface area contributed by atoms with Crippen LogP contribution in [-0.4, -0.2) is 22.6 Å². The number of rotatable bonds is 6. The van der Waals surface area contributed by atoms with Gasteiger partial charge in [0.2, 0.25) is 0 Å². The van der Waals surface area contributed by atoms with E-state index in [4.69, 9.17) is 4.74 Å². The molecule has 0 fully saturated rings. The van der Waals surface area contributed by atoms with Gasteiger partial charge >= 0.3 is 5.97 Å². The summed E-state index contributed by atoms with van der Waals surface area (Å²) in [5.41, 5.74) is 4.09. The smallest absolute Gasteiger partial charge is 0.354 e. The number of ether oxygens (including phenoxy) is 1. The Bertz CT molecular complexity index is 1030. The molecule has 0 aliphatic rings. The monoisotopic (exact) mass is 401 g/mol. The van der Waals surface area contributed by atoms with E-state index in [9.17, 15) is 9.59 Å². The molecule has 3 rings (SSSR count). The molecule has 0 unspecified atom stereocenters. The number of aromatic nitrogens is 2. The Labute approximate surface area is 169 Å². The molecule has 3 heterocycles. The Morgan fingerprint density at radius 2 is 2.07 bits per heavy atom. The van der Waals surface area contributed by atoms with Crippen LogP contribution >= 0.6 is 11.3 Å². The Hall–Kier alpha value is -2.80. The molecule has 0 saturated carbocycles. The van der Waals surface area contributed by atoms with Crippen LogP contribution in [0.2, 0.25) is 0 Å². The Kier molecular flexibility index (Phi) is 6.85. The molecule has 28 heavy (non-hydrogen) atoms. The minimum Gasteiger partial charge on any atom is -0.464 e. The number of hydrogen-bond acceptors (Lipinski definition) is 5. The fourth-order valence-electron chi connectivity index (χ4n) is 2.96. The second kappa shape index (κ2) is 8.93. The highest BCUT2D eigenvalue weighted by molar-refractivity contribution is 7.15. The van der Waals surface area contributed by atoms with Gasteiger partial charge in [0, 0.05) is 46.4 Å². The van der Waals surface area contributed by atoms with E-state index in [0.29, 0.717) is 18.7 Å². The third kappa shape index (κ3) is 4.36. The normalized spacial score (nSPS) is 10.4. The van der Waals surface area contributed by atoms with Gasteiger partial charge in [0.25, 0.3) is 5.56 Å². The largest absolute Gasteiger partial charge is 0.464 e. The number of nitrogens with one attached hydrogen (secondary N) is 2. The quantitative estimate of drug-likeness (QED) is 0.602. The highest BCUT2D eigenvalue weighted by atomic mass is 32.1. The zero-order chi connectivity index (χ0) is 19.6. The second-order valence-corrected chi connectivity index (χ2v) is 7.52. The van der Waals surface area contributed by atoms with E-state index >= 15 is 0 Å². The highest BCUT2D eigenvalue weighted by Gasteiger charge is 2.13. The van der Waals surface area contributed by atoms with Crippen LogP contribution in [0.1, 0.15) is 41.0 Å². The molecule has 0 saturated heterocycles. The number of nitrogens with zero attached hydrogens (tertiary/aromatic N) is 1. The fourth-order valence-corrected chi connectivity index (χ4v) is 3.98. The maximum Gasteiger partial charge on any atom is 0.354 e. The van der Waals surface area contributed by atoms with E-state index in [-0.39, 0.29) is 19.0 Å². The number of esters is 1. The number of carbonyl (C=O) groups is 1. The molecule has 0 radical (unpaired) electrons. The summed E-state index contributed by atoms with van der Waals surface area (Å²) in [6.45, 7) is 4.56. The molecule has 3 aromatic heterocycles. The zero-order valence-corrected chi connectivity index (χ0v) is 16.7. The number of aromatic amines is 1. The summed E-state index contributed by atoms with van der Waals surface area (Å²) in [7, 11) is 3.18. The Morgan fingerprint density at radius 3 is 2.75 bits per heavy atom. The summed E-state index contributed by atoms with van der Waals surface area (Å²) in [5, 5.41) is 3.34. The minimum atomic E-state index is -0.357. The predicted molar refractivity (Wildman–Crippen MR) is 115 cm³/mol. The van der Waals surface area contributed by atoms with Crippen molar-refractivity contribution in [3.8, 4) is 10.4 Å². The van der Waals surface area contributed by atoms with Crippen molar-refractivity contribution in [3.05, 3.63) is 62.6 Å². The van der Waals surface area contributed by atoms with Crippen LogP contribution in [0.3, 0.4) is 0 Å². The average Bonchev–Trinajstić information content (AvgIpc) is 3.26. The summed E-state index contributed by atoms with van der Waals surface area (Å²) in [6.07, 6.45) is 2.57. The van der Waals surface area contributed by atoms with Crippen LogP contribution in [0.15, 0.2) is 35.3 Å². The maximum atomic E-state index is 11.9. The van der Waals surface area contributed by atoms with Crippen LogP contribution in [0.5, 0.6) is 0 Å². The van der Waals surface area contributed by atoms with Gasteiger partial charge in [-0.15, -0.1) is 11.3 Å². The lowest BCUT2D eigenvalue weighted by Gasteiger charge is -2.06. The van der Waals surface area contributed by atoms with Crippen molar-refractivity contribution in [2.24, 2.45) is 7.05 Å². The molecule has 150 valence electrons. The van der Waals surface area contributed by atoms with Crippen molar-refractivity contribution in [3.63, 3.8) is 0 Å². The first kappa shape index (κ1) is 21.5. The maximum absolute atomic E-state index is 11.9. The molecular formula is C21H27N3O3S. The van der Waals surface area contributed by atoms with E-state index in [2.05, 4.69) is 22.4 Å². The van der Waals surface area contributed by atoms with E-state index in [1.807, 2.05) is 33.2 Å². The molecule has 7 heteroatoms. The SMILES string of the molecule is C.CCc1cc(-c2ccc(CNc3cc(C(=O)OC)n(C)c3)s2)c(C)[nH]c1=O. The number of H-pyrrole nitrogens is 1. The van der Waals surface area contributed by atoms with Crippen LogP contribution in [0.4, 0.5) is 5.69 Å². The number of carbonyl (C=O) groups excluding carboxylic acids is 1. The van der Waals surface area contributed by atoms with Crippen molar-refractivity contribution in [2.45, 2.75) is 34.2 Å². The van der Waals surface area contributed by atoms with Crippen molar-refractivity contribution in [1.82, 2.24) is 9.55 Å². The van der Waals surface area contributed by atoms with Crippen molar-refractivity contribution >= 4 is 23.0 Å². The molecule has 0 aromatic carbocycles. The molecule has 2 N–H and O–H groups in total. The van der Waals surface area contributed by atoms with E-state index in [1.165, 1.54) is 7.11 Å². The van der Waals surface area contributed by atoms with Gasteiger partial charge in [0.05, 0.1) is 12.8 Å². The zero-order valence-electron chi connectivity index (χ0n) is 15.9. The van der Waals surface area contributed by atoms with E-state index < -0.39 is 0 Å². The third-order valence-corrected chi connectivity index (χ3v) is 5.61. The summed E-state index contributed by atoms with van der Waals surface area (Å²) < 4.78 is 6.51. The Balaban J connectivity index is 0.00000280. The molecule has 3 aromatic rings. The first-order valence-electron chi connectivity index (χ1n) is 8.73. The van der Waals surface area contributed by atoms with Gasteiger partial charge in [-0.1, -0.05) is 14.4 Å². The number of pyridine rings is 1. The number of aryl methyl sites for hydroxylation is 3. The van der Waals surface area contributed by atoms with Crippen molar-refractivity contribution in [1.29, 1.82) is 0 Å². The predicted octanol–water partition coefficient (Wildman–Crippen LogP) is 4.35. The Morgan fingerprint density at radius 1 is 1.32 bits per heavy atom. The number of thiophene rings is 1. The second-order valence-electron chi connectivity index (χ2n) is 6.35. The minimum absolute atomic E-state index is 0. The lowest BCUT2D eigenvalue weighted by Crippen LogP contribution is -2.13. The van der Waals surface area contributed by atoms with Gasteiger partial charge in [-0.25, -0.2) is 4.79 Å². The number of hydrogen-bond donors (Lipinski definition) is 2. The van der Waals surface area contributed by atoms with E-state index in [1.54, 1.807) is 22.0 Å². The van der Waals surface area contributed by atoms with Crippen LogP contribution in [0, 0.1) is 6.92 Å². The first-order valence-corrected chi connectivity index (χ1v) is 9.55. The molecule has 0 amide bonds. The van der Waals surface area contributed by atoms with Gasteiger partial charge in [-0.2, -0.15) is 0 Å². The average molecular weight is 402 g/mol. The molecule has 6 nitrogen and oxygen atoms in total. The molecule has 0 atom stereocenters. The molecule has 0 aliphatic carbocycles. The highest BCUT2D eigenvalue weighted by Crippen LogP contribution is 2.30. The van der Waals surface area contributed by atoms with Crippen LogP contribution < -0.4 is 10.9 Å².